The molecule has 0 aliphatic carbocycles. The quantitative estimate of drug-likeness (QED) is 0.722. The first-order valence-electron chi connectivity index (χ1n) is 8.79. The summed E-state index contributed by atoms with van der Waals surface area (Å²) in [7, 11) is 1.58. The molecule has 0 unspecified atom stereocenters. The van der Waals surface area contributed by atoms with Crippen LogP contribution < -0.4 is 5.32 Å². The second-order valence-electron chi connectivity index (χ2n) is 6.42. The number of carbonyl (C=O) groups excluding carboxylic acids is 2. The average molecular weight is 405 g/mol. The third-order valence-electron chi connectivity index (χ3n) is 4.27. The molecule has 0 saturated carbocycles. The van der Waals surface area contributed by atoms with Crippen molar-refractivity contribution >= 4 is 35.2 Å². The number of aryl methyl sites for hydroxylation is 1. The summed E-state index contributed by atoms with van der Waals surface area (Å²) < 4.78 is 0. The van der Waals surface area contributed by atoms with Gasteiger partial charge in [0, 0.05) is 24.4 Å². The van der Waals surface area contributed by atoms with E-state index in [-0.39, 0.29) is 11.8 Å². The zero-order valence-corrected chi connectivity index (χ0v) is 17.4. The van der Waals surface area contributed by atoms with Crippen LogP contribution in [0.1, 0.15) is 23.6 Å². The van der Waals surface area contributed by atoms with E-state index in [0.717, 1.165) is 11.3 Å². The number of carbonyl (C=O) groups is 2. The summed E-state index contributed by atoms with van der Waals surface area (Å²) >= 11 is 7.60. The number of hydrogen-bond donors (Lipinski definition) is 1. The number of likely N-dealkylation sites (N-methyl/N-ethyl adjacent to an activating group) is 1. The number of nitrogens with one attached hydrogen (secondary N) is 1. The van der Waals surface area contributed by atoms with E-state index in [1.165, 1.54) is 11.1 Å². The highest BCUT2D eigenvalue weighted by molar-refractivity contribution is 7.99. The van der Waals surface area contributed by atoms with E-state index in [1.807, 2.05) is 25.1 Å². The van der Waals surface area contributed by atoms with Gasteiger partial charge in [-0.1, -0.05) is 53.6 Å². The minimum atomic E-state index is -0.554. The van der Waals surface area contributed by atoms with Crippen LogP contribution in [0.4, 0.5) is 0 Å². The molecule has 27 heavy (non-hydrogen) atoms. The van der Waals surface area contributed by atoms with Gasteiger partial charge in [-0.25, -0.2) is 0 Å². The van der Waals surface area contributed by atoms with E-state index in [1.54, 1.807) is 36.7 Å². The van der Waals surface area contributed by atoms with Gasteiger partial charge in [0.25, 0.3) is 0 Å². The van der Waals surface area contributed by atoms with Crippen molar-refractivity contribution in [2.45, 2.75) is 32.2 Å². The van der Waals surface area contributed by atoms with Gasteiger partial charge in [0.2, 0.25) is 11.8 Å². The molecule has 144 valence electrons. The number of halogens is 1. The van der Waals surface area contributed by atoms with Crippen molar-refractivity contribution in [3.63, 3.8) is 0 Å². The summed E-state index contributed by atoms with van der Waals surface area (Å²) in [4.78, 5) is 26.5. The van der Waals surface area contributed by atoms with Gasteiger partial charge in [0.15, 0.2) is 0 Å². The van der Waals surface area contributed by atoms with Gasteiger partial charge in [-0.3, -0.25) is 9.59 Å². The van der Waals surface area contributed by atoms with Crippen molar-refractivity contribution in [3.05, 3.63) is 70.2 Å². The molecule has 0 aliphatic heterocycles. The molecule has 2 rings (SSSR count). The summed E-state index contributed by atoms with van der Waals surface area (Å²) in [6, 6.07) is 15.1. The predicted molar refractivity (Wildman–Crippen MR) is 113 cm³/mol. The minimum absolute atomic E-state index is 0.0665. The molecule has 2 aromatic carbocycles. The van der Waals surface area contributed by atoms with Crippen LogP contribution in [0, 0.1) is 6.92 Å². The molecule has 0 bridgehead atoms. The fourth-order valence-corrected chi connectivity index (χ4v) is 3.73. The lowest BCUT2D eigenvalue weighted by molar-refractivity contribution is -0.138. The molecule has 4 nitrogen and oxygen atoms in total. The van der Waals surface area contributed by atoms with E-state index in [2.05, 4.69) is 29.6 Å². The van der Waals surface area contributed by atoms with E-state index in [4.69, 9.17) is 11.6 Å². The first-order chi connectivity index (χ1) is 12.9. The Bertz CT molecular complexity index is 780. The van der Waals surface area contributed by atoms with Crippen molar-refractivity contribution in [3.8, 4) is 0 Å². The molecular weight excluding hydrogens is 380 g/mol. The molecule has 0 fully saturated rings. The normalized spacial score (nSPS) is 11.7. The molecule has 2 amide bonds. The van der Waals surface area contributed by atoms with Gasteiger partial charge in [0.05, 0.1) is 5.75 Å². The predicted octanol–water partition coefficient (Wildman–Crippen LogP) is 4.04. The van der Waals surface area contributed by atoms with Crippen LogP contribution in [0.25, 0.3) is 0 Å². The Morgan fingerprint density at radius 1 is 1.15 bits per heavy atom. The third kappa shape index (κ3) is 6.60. The van der Waals surface area contributed by atoms with Crippen molar-refractivity contribution in [2.75, 3.05) is 12.8 Å². The van der Waals surface area contributed by atoms with Crippen LogP contribution in [0.5, 0.6) is 0 Å². The van der Waals surface area contributed by atoms with Crippen LogP contribution in [0.3, 0.4) is 0 Å². The largest absolute Gasteiger partial charge is 0.357 e. The second kappa shape index (κ2) is 10.4. The lowest BCUT2D eigenvalue weighted by Gasteiger charge is -2.28. The molecule has 0 aromatic heterocycles. The van der Waals surface area contributed by atoms with E-state index >= 15 is 0 Å². The number of rotatable bonds is 8. The lowest BCUT2D eigenvalue weighted by Crippen LogP contribution is -2.47. The molecule has 1 N–H and O–H groups in total. The van der Waals surface area contributed by atoms with Gasteiger partial charge in [-0.2, -0.15) is 0 Å². The SMILES string of the molecule is CNC(=O)[C@@H](C)N(Cc1cccc(Cl)c1)C(=O)CSCc1ccc(C)cc1. The van der Waals surface area contributed by atoms with Crippen molar-refractivity contribution < 1.29 is 9.59 Å². The highest BCUT2D eigenvalue weighted by Gasteiger charge is 2.25. The van der Waals surface area contributed by atoms with Crippen LogP contribution >= 0.6 is 23.4 Å². The maximum absolute atomic E-state index is 12.8. The Kier molecular flexibility index (Phi) is 8.20. The average Bonchev–Trinajstić information content (AvgIpc) is 2.66. The standard InChI is InChI=1S/C21H25ClN2O2S/c1-15-7-9-17(10-8-15)13-27-14-20(25)24(16(2)21(26)23-3)12-18-5-4-6-19(22)11-18/h4-11,16H,12-14H2,1-3H3,(H,23,26)/t16-/m1/s1. The number of hydrogen-bond acceptors (Lipinski definition) is 3. The number of benzene rings is 2. The van der Waals surface area contributed by atoms with Gasteiger partial charge < -0.3 is 10.2 Å². The Morgan fingerprint density at radius 3 is 2.48 bits per heavy atom. The first-order valence-corrected chi connectivity index (χ1v) is 10.3. The Labute approximate surface area is 170 Å². The Balaban J connectivity index is 2.03. The maximum Gasteiger partial charge on any atom is 0.242 e. The maximum atomic E-state index is 12.8. The molecular formula is C21H25ClN2O2S. The summed E-state index contributed by atoms with van der Waals surface area (Å²) in [5.41, 5.74) is 3.29. The molecule has 2 aromatic rings. The third-order valence-corrected chi connectivity index (χ3v) is 5.49. The van der Waals surface area contributed by atoms with Crippen molar-refractivity contribution in [2.24, 2.45) is 0 Å². The molecule has 0 spiro atoms. The van der Waals surface area contributed by atoms with E-state index in [9.17, 15) is 9.59 Å². The van der Waals surface area contributed by atoms with E-state index in [0.29, 0.717) is 17.3 Å². The summed E-state index contributed by atoms with van der Waals surface area (Å²) in [5.74, 6) is 0.818. The molecule has 0 saturated heterocycles. The Morgan fingerprint density at radius 2 is 1.85 bits per heavy atom. The molecule has 6 heteroatoms. The molecule has 0 aliphatic rings. The zero-order chi connectivity index (χ0) is 19.8. The molecule has 0 radical (unpaired) electrons. The van der Waals surface area contributed by atoms with Crippen LogP contribution in [0.15, 0.2) is 48.5 Å². The van der Waals surface area contributed by atoms with Gasteiger partial charge in [-0.15, -0.1) is 11.8 Å². The van der Waals surface area contributed by atoms with Gasteiger partial charge in [0.1, 0.15) is 6.04 Å². The smallest absolute Gasteiger partial charge is 0.242 e. The summed E-state index contributed by atoms with van der Waals surface area (Å²) in [6.07, 6.45) is 0. The van der Waals surface area contributed by atoms with Gasteiger partial charge in [-0.05, 0) is 37.1 Å². The van der Waals surface area contributed by atoms with Crippen LogP contribution in [-0.2, 0) is 21.9 Å². The van der Waals surface area contributed by atoms with Crippen LogP contribution in [-0.4, -0.2) is 35.6 Å². The van der Waals surface area contributed by atoms with Crippen molar-refractivity contribution in [1.82, 2.24) is 10.2 Å². The monoisotopic (exact) mass is 404 g/mol. The fraction of sp³-hybridized carbons (Fsp3) is 0.333. The zero-order valence-electron chi connectivity index (χ0n) is 15.9. The van der Waals surface area contributed by atoms with Gasteiger partial charge >= 0.3 is 0 Å². The topological polar surface area (TPSA) is 49.4 Å². The highest BCUT2D eigenvalue weighted by Crippen LogP contribution is 2.18. The first kappa shape index (κ1) is 21.3. The van der Waals surface area contributed by atoms with Crippen molar-refractivity contribution in [1.29, 1.82) is 0 Å². The number of amides is 2. The van der Waals surface area contributed by atoms with Crippen LogP contribution in [0.2, 0.25) is 5.02 Å². The fourth-order valence-electron chi connectivity index (χ4n) is 2.65. The second-order valence-corrected chi connectivity index (χ2v) is 7.84. The van der Waals surface area contributed by atoms with E-state index < -0.39 is 6.04 Å². The summed E-state index contributed by atoms with van der Waals surface area (Å²) in [6.45, 7) is 4.14. The Hall–Kier alpha value is -1.98. The summed E-state index contributed by atoms with van der Waals surface area (Å²) in [5, 5.41) is 3.23. The minimum Gasteiger partial charge on any atom is -0.357 e. The number of nitrogens with zero attached hydrogens (tertiary/aromatic N) is 1. The highest BCUT2D eigenvalue weighted by atomic mass is 35.5. The number of thioether (sulfide) groups is 1. The lowest BCUT2D eigenvalue weighted by atomic mass is 10.1. The molecule has 0 heterocycles. The molecule has 1 atom stereocenters.